The third-order valence-corrected chi connectivity index (χ3v) is 3.08. The molecule has 106 valence electrons. The fourth-order valence-corrected chi connectivity index (χ4v) is 2.05. The molecule has 0 radical (unpaired) electrons. The normalized spacial score (nSPS) is 11.2. The average Bonchev–Trinajstić information content (AvgIpc) is 2.94. The largest absolute Gasteiger partial charge is 0.319 e. The van der Waals surface area contributed by atoms with E-state index in [1.165, 1.54) is 6.08 Å². The number of aryl methyl sites for hydroxylation is 3. The second kappa shape index (κ2) is 5.73. The molecule has 2 aromatic rings. The molecule has 20 heavy (non-hydrogen) atoms. The van der Waals surface area contributed by atoms with Crippen molar-refractivity contribution < 1.29 is 4.79 Å². The fraction of sp³-hybridized carbons (Fsp3) is 0.357. The molecular formula is C14H19N5O. The van der Waals surface area contributed by atoms with E-state index in [1.54, 1.807) is 17.0 Å². The van der Waals surface area contributed by atoms with Crippen molar-refractivity contribution in [1.29, 1.82) is 0 Å². The van der Waals surface area contributed by atoms with Crippen LogP contribution in [0.5, 0.6) is 0 Å². The minimum absolute atomic E-state index is 0.171. The first-order valence-corrected chi connectivity index (χ1v) is 6.53. The van der Waals surface area contributed by atoms with Crippen molar-refractivity contribution in [1.82, 2.24) is 19.6 Å². The van der Waals surface area contributed by atoms with E-state index < -0.39 is 0 Å². The second-order valence-corrected chi connectivity index (χ2v) is 4.63. The standard InChI is InChI=1S/C14H19N5O/c1-5-19-11(3)14(10(2)17-19)16-13(20)7-6-12-8-15-18(4)9-12/h6-9H,5H2,1-4H3,(H,16,20)/b7-6+. The molecule has 0 atom stereocenters. The Bertz CT molecular complexity index is 651. The number of amides is 1. The molecule has 1 amide bonds. The van der Waals surface area contributed by atoms with Gasteiger partial charge in [0.05, 0.1) is 23.3 Å². The predicted molar refractivity (Wildman–Crippen MR) is 78.2 cm³/mol. The van der Waals surface area contributed by atoms with Crippen molar-refractivity contribution in [3.63, 3.8) is 0 Å². The molecular weight excluding hydrogens is 254 g/mol. The first kappa shape index (κ1) is 14.0. The SMILES string of the molecule is CCn1nc(C)c(NC(=O)/C=C/c2cnn(C)c2)c1C. The van der Waals surface area contributed by atoms with Gasteiger partial charge in [-0.25, -0.2) is 0 Å². The van der Waals surface area contributed by atoms with Gasteiger partial charge in [0.25, 0.3) is 0 Å². The smallest absolute Gasteiger partial charge is 0.248 e. The van der Waals surface area contributed by atoms with Crippen LogP contribution in [0.3, 0.4) is 0 Å². The van der Waals surface area contributed by atoms with E-state index >= 15 is 0 Å². The first-order chi connectivity index (χ1) is 9.51. The highest BCUT2D eigenvalue weighted by Crippen LogP contribution is 2.19. The topological polar surface area (TPSA) is 64.7 Å². The van der Waals surface area contributed by atoms with Gasteiger partial charge in [0.15, 0.2) is 0 Å². The van der Waals surface area contributed by atoms with Crippen LogP contribution in [0, 0.1) is 13.8 Å². The monoisotopic (exact) mass is 273 g/mol. The maximum atomic E-state index is 11.9. The summed E-state index contributed by atoms with van der Waals surface area (Å²) >= 11 is 0. The molecule has 0 unspecified atom stereocenters. The minimum Gasteiger partial charge on any atom is -0.319 e. The summed E-state index contributed by atoms with van der Waals surface area (Å²) in [6.07, 6.45) is 6.78. The van der Waals surface area contributed by atoms with Crippen LogP contribution in [0.25, 0.3) is 6.08 Å². The zero-order chi connectivity index (χ0) is 14.7. The number of nitrogens with zero attached hydrogens (tertiary/aromatic N) is 4. The van der Waals surface area contributed by atoms with Gasteiger partial charge in [0, 0.05) is 31.4 Å². The quantitative estimate of drug-likeness (QED) is 0.865. The molecule has 0 aliphatic rings. The number of anilines is 1. The van der Waals surface area contributed by atoms with Crippen LogP contribution in [0.4, 0.5) is 5.69 Å². The summed E-state index contributed by atoms with van der Waals surface area (Å²) in [5, 5.41) is 11.3. The first-order valence-electron chi connectivity index (χ1n) is 6.53. The molecule has 6 heteroatoms. The van der Waals surface area contributed by atoms with Crippen LogP contribution in [0.15, 0.2) is 18.5 Å². The molecule has 6 nitrogen and oxygen atoms in total. The molecule has 0 bridgehead atoms. The number of rotatable bonds is 4. The molecule has 0 aliphatic carbocycles. The van der Waals surface area contributed by atoms with Gasteiger partial charge in [0.1, 0.15) is 0 Å². The zero-order valence-corrected chi connectivity index (χ0v) is 12.2. The van der Waals surface area contributed by atoms with E-state index in [4.69, 9.17) is 0 Å². The number of carbonyl (C=O) groups excluding carboxylic acids is 1. The van der Waals surface area contributed by atoms with Crippen LogP contribution >= 0.6 is 0 Å². The van der Waals surface area contributed by atoms with E-state index in [0.29, 0.717) is 0 Å². The van der Waals surface area contributed by atoms with E-state index in [1.807, 2.05) is 38.7 Å². The van der Waals surface area contributed by atoms with Crippen LogP contribution in [-0.2, 0) is 18.4 Å². The van der Waals surface area contributed by atoms with Crippen LogP contribution < -0.4 is 5.32 Å². The molecule has 0 fully saturated rings. The van der Waals surface area contributed by atoms with Crippen molar-refractivity contribution in [2.75, 3.05) is 5.32 Å². The average molecular weight is 273 g/mol. The summed E-state index contributed by atoms with van der Waals surface area (Å²) in [4.78, 5) is 11.9. The van der Waals surface area contributed by atoms with Gasteiger partial charge in [0.2, 0.25) is 5.91 Å². The Morgan fingerprint density at radius 2 is 2.20 bits per heavy atom. The van der Waals surface area contributed by atoms with E-state index in [0.717, 1.165) is 29.2 Å². The lowest BCUT2D eigenvalue weighted by Crippen LogP contribution is -2.09. The fourth-order valence-electron chi connectivity index (χ4n) is 2.05. The molecule has 2 aromatic heterocycles. The number of hydrogen-bond acceptors (Lipinski definition) is 3. The lowest BCUT2D eigenvalue weighted by molar-refractivity contribution is -0.111. The van der Waals surface area contributed by atoms with Crippen molar-refractivity contribution in [3.8, 4) is 0 Å². The molecule has 2 heterocycles. The minimum atomic E-state index is -0.171. The number of aromatic nitrogens is 4. The molecule has 2 rings (SSSR count). The van der Waals surface area contributed by atoms with Crippen molar-refractivity contribution in [3.05, 3.63) is 35.4 Å². The van der Waals surface area contributed by atoms with E-state index in [2.05, 4.69) is 15.5 Å². The molecule has 0 aliphatic heterocycles. The number of carbonyl (C=O) groups is 1. The van der Waals surface area contributed by atoms with Gasteiger partial charge in [-0.05, 0) is 26.8 Å². The maximum Gasteiger partial charge on any atom is 0.248 e. The lowest BCUT2D eigenvalue weighted by Gasteiger charge is -2.03. The number of nitrogens with one attached hydrogen (secondary N) is 1. The maximum absolute atomic E-state index is 11.9. The predicted octanol–water partition coefficient (Wildman–Crippen LogP) is 1.91. The van der Waals surface area contributed by atoms with E-state index in [-0.39, 0.29) is 5.91 Å². The Hall–Kier alpha value is -2.37. The van der Waals surface area contributed by atoms with Crippen molar-refractivity contribution >= 4 is 17.7 Å². The van der Waals surface area contributed by atoms with Gasteiger partial charge >= 0.3 is 0 Å². The molecule has 1 N–H and O–H groups in total. The molecule has 0 saturated carbocycles. The van der Waals surface area contributed by atoms with E-state index in [9.17, 15) is 4.79 Å². The lowest BCUT2D eigenvalue weighted by atomic mass is 10.3. The zero-order valence-electron chi connectivity index (χ0n) is 12.2. The van der Waals surface area contributed by atoms with Gasteiger partial charge in [-0.1, -0.05) is 0 Å². The number of hydrogen-bond donors (Lipinski definition) is 1. The highest BCUT2D eigenvalue weighted by Gasteiger charge is 2.11. The van der Waals surface area contributed by atoms with Crippen LogP contribution in [0.1, 0.15) is 23.9 Å². The Morgan fingerprint density at radius 1 is 1.45 bits per heavy atom. The van der Waals surface area contributed by atoms with Gasteiger partial charge in [-0.15, -0.1) is 0 Å². The Kier molecular flexibility index (Phi) is 4.02. The summed E-state index contributed by atoms with van der Waals surface area (Å²) in [5.74, 6) is -0.171. The summed E-state index contributed by atoms with van der Waals surface area (Å²) in [7, 11) is 1.84. The Balaban J connectivity index is 2.08. The Morgan fingerprint density at radius 3 is 2.75 bits per heavy atom. The van der Waals surface area contributed by atoms with Gasteiger partial charge < -0.3 is 5.32 Å². The third-order valence-electron chi connectivity index (χ3n) is 3.08. The van der Waals surface area contributed by atoms with Crippen LogP contribution in [0.2, 0.25) is 0 Å². The van der Waals surface area contributed by atoms with Gasteiger partial charge in [-0.3, -0.25) is 14.2 Å². The second-order valence-electron chi connectivity index (χ2n) is 4.63. The highest BCUT2D eigenvalue weighted by molar-refractivity contribution is 6.02. The van der Waals surface area contributed by atoms with Crippen molar-refractivity contribution in [2.24, 2.45) is 7.05 Å². The highest BCUT2D eigenvalue weighted by atomic mass is 16.1. The van der Waals surface area contributed by atoms with Crippen molar-refractivity contribution in [2.45, 2.75) is 27.3 Å². The summed E-state index contributed by atoms with van der Waals surface area (Å²) in [5.41, 5.74) is 3.47. The summed E-state index contributed by atoms with van der Waals surface area (Å²) < 4.78 is 3.56. The summed E-state index contributed by atoms with van der Waals surface area (Å²) in [6.45, 7) is 6.64. The third kappa shape index (κ3) is 2.96. The molecule has 0 spiro atoms. The Labute approximate surface area is 118 Å². The molecule has 0 aromatic carbocycles. The van der Waals surface area contributed by atoms with Gasteiger partial charge in [-0.2, -0.15) is 10.2 Å². The van der Waals surface area contributed by atoms with Crippen LogP contribution in [-0.4, -0.2) is 25.5 Å². The summed E-state index contributed by atoms with van der Waals surface area (Å²) in [6, 6.07) is 0. The molecule has 0 saturated heterocycles.